The van der Waals surface area contributed by atoms with Gasteiger partial charge in [-0.1, -0.05) is 0 Å². The molecule has 5 heteroatoms. The van der Waals surface area contributed by atoms with E-state index in [1.807, 2.05) is 6.92 Å². The maximum atomic E-state index is 13.6. The summed E-state index contributed by atoms with van der Waals surface area (Å²) < 4.78 is 13.6. The number of carboxylic acid groups (broad SMARTS) is 1. The molecule has 1 aromatic carbocycles. The van der Waals surface area contributed by atoms with Crippen LogP contribution in [0.15, 0.2) is 12.1 Å². The minimum atomic E-state index is -1.15. The van der Waals surface area contributed by atoms with Gasteiger partial charge in [0.25, 0.3) is 0 Å². The number of nitrogens with two attached hydrogens (primary N) is 1. The Kier molecular flexibility index (Phi) is 2.92. The molecule has 1 saturated carbocycles. The van der Waals surface area contributed by atoms with E-state index in [0.717, 1.165) is 18.9 Å². The first-order chi connectivity index (χ1) is 7.99. The lowest BCUT2D eigenvalue weighted by Gasteiger charge is -2.16. The quantitative estimate of drug-likeness (QED) is 0.704. The van der Waals surface area contributed by atoms with Crippen LogP contribution in [0.4, 0.5) is 15.8 Å². The number of anilines is 2. The summed E-state index contributed by atoms with van der Waals surface area (Å²) in [5.74, 6) is -1.11. The topological polar surface area (TPSA) is 75.3 Å². The molecule has 1 fully saturated rings. The van der Waals surface area contributed by atoms with E-state index in [4.69, 9.17) is 10.8 Å². The minimum absolute atomic E-state index is 0.0559. The van der Waals surface area contributed by atoms with Gasteiger partial charge in [-0.05, 0) is 37.8 Å². The van der Waals surface area contributed by atoms with E-state index >= 15 is 0 Å². The van der Waals surface area contributed by atoms with Gasteiger partial charge in [0.15, 0.2) is 0 Å². The van der Waals surface area contributed by atoms with Gasteiger partial charge in [0, 0.05) is 11.7 Å². The van der Waals surface area contributed by atoms with E-state index in [2.05, 4.69) is 5.32 Å². The van der Waals surface area contributed by atoms with E-state index < -0.39 is 11.8 Å². The standard InChI is InChI=1S/C12H15FN2O2/c1-6(7-2-3-7)15-11-4-8(12(16)17)10(14)5-9(11)13/h4-7,15H,2-3,14H2,1H3,(H,16,17). The van der Waals surface area contributed by atoms with Gasteiger partial charge in [0.1, 0.15) is 5.82 Å². The summed E-state index contributed by atoms with van der Waals surface area (Å²) in [4.78, 5) is 10.9. The smallest absolute Gasteiger partial charge is 0.337 e. The Hall–Kier alpha value is -1.78. The zero-order valence-corrected chi connectivity index (χ0v) is 9.53. The molecule has 0 aromatic heterocycles. The van der Waals surface area contributed by atoms with Crippen molar-refractivity contribution in [2.45, 2.75) is 25.8 Å². The summed E-state index contributed by atoms with van der Waals surface area (Å²) in [5.41, 5.74) is 5.52. The number of carbonyl (C=O) groups is 1. The van der Waals surface area contributed by atoms with Gasteiger partial charge in [-0.25, -0.2) is 9.18 Å². The van der Waals surface area contributed by atoms with Crippen LogP contribution in [0.5, 0.6) is 0 Å². The number of rotatable bonds is 4. The van der Waals surface area contributed by atoms with Crippen molar-refractivity contribution in [3.8, 4) is 0 Å². The third kappa shape index (κ3) is 2.49. The van der Waals surface area contributed by atoms with Crippen LogP contribution in [0.25, 0.3) is 0 Å². The van der Waals surface area contributed by atoms with Crippen LogP contribution in [0.2, 0.25) is 0 Å². The van der Waals surface area contributed by atoms with Gasteiger partial charge in [-0.3, -0.25) is 0 Å². The number of benzene rings is 1. The Labute approximate surface area is 98.6 Å². The van der Waals surface area contributed by atoms with Crippen molar-refractivity contribution in [2.24, 2.45) is 5.92 Å². The number of aromatic carboxylic acids is 1. The molecular weight excluding hydrogens is 223 g/mol. The van der Waals surface area contributed by atoms with Gasteiger partial charge in [-0.15, -0.1) is 0 Å². The van der Waals surface area contributed by atoms with E-state index in [9.17, 15) is 9.18 Å². The Morgan fingerprint density at radius 1 is 1.59 bits per heavy atom. The van der Waals surface area contributed by atoms with Crippen molar-refractivity contribution >= 4 is 17.3 Å². The molecule has 0 spiro atoms. The minimum Gasteiger partial charge on any atom is -0.478 e. The summed E-state index contributed by atoms with van der Waals surface area (Å²) >= 11 is 0. The van der Waals surface area contributed by atoms with Gasteiger partial charge in [0.2, 0.25) is 0 Å². The predicted molar refractivity (Wildman–Crippen MR) is 63.6 cm³/mol. The van der Waals surface area contributed by atoms with Gasteiger partial charge < -0.3 is 16.2 Å². The first kappa shape index (κ1) is 11.7. The Morgan fingerprint density at radius 2 is 2.24 bits per heavy atom. The van der Waals surface area contributed by atoms with Crippen LogP contribution in [0.1, 0.15) is 30.1 Å². The SMILES string of the molecule is CC(Nc1cc(C(=O)O)c(N)cc1F)C1CC1. The van der Waals surface area contributed by atoms with E-state index in [1.165, 1.54) is 6.07 Å². The maximum absolute atomic E-state index is 13.6. The Bertz CT molecular complexity index is 458. The lowest BCUT2D eigenvalue weighted by molar-refractivity contribution is 0.0698. The van der Waals surface area contributed by atoms with Crippen LogP contribution >= 0.6 is 0 Å². The highest BCUT2D eigenvalue weighted by Gasteiger charge is 2.28. The van der Waals surface area contributed by atoms with E-state index in [-0.39, 0.29) is 23.0 Å². The Morgan fingerprint density at radius 3 is 2.76 bits per heavy atom. The van der Waals surface area contributed by atoms with Crippen LogP contribution in [0, 0.1) is 11.7 Å². The largest absolute Gasteiger partial charge is 0.478 e. The third-order valence-electron chi connectivity index (χ3n) is 3.08. The lowest BCUT2D eigenvalue weighted by Crippen LogP contribution is -2.19. The number of nitrogens with one attached hydrogen (secondary N) is 1. The molecule has 4 nitrogen and oxygen atoms in total. The van der Waals surface area contributed by atoms with Crippen molar-refractivity contribution in [1.82, 2.24) is 0 Å². The summed E-state index contributed by atoms with van der Waals surface area (Å²) in [5, 5.41) is 11.9. The molecule has 1 unspecified atom stereocenters. The average molecular weight is 238 g/mol. The predicted octanol–water partition coefficient (Wildman–Crippen LogP) is 2.32. The second-order valence-corrected chi connectivity index (χ2v) is 4.49. The normalized spacial score (nSPS) is 16.6. The first-order valence-corrected chi connectivity index (χ1v) is 5.58. The molecule has 4 N–H and O–H groups in total. The molecule has 0 aliphatic heterocycles. The number of hydrogen-bond donors (Lipinski definition) is 3. The van der Waals surface area contributed by atoms with Crippen molar-refractivity contribution in [1.29, 1.82) is 0 Å². The van der Waals surface area contributed by atoms with Gasteiger partial charge >= 0.3 is 5.97 Å². The van der Waals surface area contributed by atoms with Crippen LogP contribution in [-0.4, -0.2) is 17.1 Å². The summed E-state index contributed by atoms with van der Waals surface area (Å²) in [6.07, 6.45) is 2.27. The van der Waals surface area contributed by atoms with Crippen molar-refractivity contribution in [2.75, 3.05) is 11.1 Å². The van der Waals surface area contributed by atoms with Crippen molar-refractivity contribution in [3.63, 3.8) is 0 Å². The fourth-order valence-corrected chi connectivity index (χ4v) is 1.84. The number of nitrogen functional groups attached to an aromatic ring is 1. The van der Waals surface area contributed by atoms with Crippen LogP contribution in [-0.2, 0) is 0 Å². The summed E-state index contributed by atoms with van der Waals surface area (Å²) in [7, 11) is 0. The highest BCUT2D eigenvalue weighted by Crippen LogP contribution is 2.34. The molecule has 1 atom stereocenters. The molecule has 0 radical (unpaired) electrons. The molecule has 1 aromatic rings. The monoisotopic (exact) mass is 238 g/mol. The average Bonchev–Trinajstić information content (AvgIpc) is 3.04. The molecule has 2 rings (SSSR count). The van der Waals surface area contributed by atoms with Crippen LogP contribution in [0.3, 0.4) is 0 Å². The van der Waals surface area contributed by atoms with Crippen molar-refractivity contribution < 1.29 is 14.3 Å². The van der Waals surface area contributed by atoms with E-state index in [0.29, 0.717) is 5.92 Å². The third-order valence-corrected chi connectivity index (χ3v) is 3.08. The fraction of sp³-hybridized carbons (Fsp3) is 0.417. The molecule has 17 heavy (non-hydrogen) atoms. The summed E-state index contributed by atoms with van der Waals surface area (Å²) in [6.45, 7) is 1.97. The number of hydrogen-bond acceptors (Lipinski definition) is 3. The molecule has 1 aliphatic rings. The van der Waals surface area contributed by atoms with Crippen molar-refractivity contribution in [3.05, 3.63) is 23.5 Å². The second kappa shape index (κ2) is 4.24. The first-order valence-electron chi connectivity index (χ1n) is 5.58. The number of carboxylic acids is 1. The molecule has 0 heterocycles. The molecule has 0 saturated heterocycles. The molecular formula is C12H15FN2O2. The molecule has 92 valence electrons. The van der Waals surface area contributed by atoms with Gasteiger partial charge in [0.05, 0.1) is 11.3 Å². The summed E-state index contributed by atoms with van der Waals surface area (Å²) in [6, 6.07) is 2.45. The second-order valence-electron chi connectivity index (χ2n) is 4.49. The number of halogens is 1. The Balaban J connectivity index is 2.25. The van der Waals surface area contributed by atoms with Crippen LogP contribution < -0.4 is 11.1 Å². The highest BCUT2D eigenvalue weighted by atomic mass is 19.1. The zero-order valence-electron chi connectivity index (χ0n) is 9.53. The molecule has 1 aliphatic carbocycles. The highest BCUT2D eigenvalue weighted by molar-refractivity contribution is 5.94. The molecule has 0 amide bonds. The molecule has 0 bridgehead atoms. The van der Waals surface area contributed by atoms with Gasteiger partial charge in [-0.2, -0.15) is 0 Å². The van der Waals surface area contributed by atoms with E-state index in [1.54, 1.807) is 0 Å². The fourth-order valence-electron chi connectivity index (χ4n) is 1.84. The zero-order chi connectivity index (χ0) is 12.6. The maximum Gasteiger partial charge on any atom is 0.337 e. The lowest BCUT2D eigenvalue weighted by atomic mass is 10.1.